The number of nitrogens with one attached hydrogen (secondary N) is 1. The molecule has 1 N–H and O–H groups in total. The maximum absolute atomic E-state index is 13.4. The van der Waals surface area contributed by atoms with E-state index in [1.165, 1.54) is 0 Å². The standard InChI is InChI=1S/C22H30N4O2S/c1-15(2)12-13-26(22(28)19-14-29-25-24-19)20(17-10-8-16(3)9-11-17)21(27)23-18-6-4-5-7-18/h8-11,14-15,18,20H,4-7,12-13H2,1-3H3,(H,23,27)/t20-/m1/s1. The third kappa shape index (κ3) is 5.63. The summed E-state index contributed by atoms with van der Waals surface area (Å²) in [5, 5.41) is 8.80. The number of carbonyl (C=O) groups is 2. The first kappa shape index (κ1) is 21.4. The molecule has 0 radical (unpaired) electrons. The highest BCUT2D eigenvalue weighted by Crippen LogP contribution is 2.26. The van der Waals surface area contributed by atoms with Crippen LogP contribution in [0.15, 0.2) is 29.6 Å². The zero-order valence-electron chi connectivity index (χ0n) is 17.4. The van der Waals surface area contributed by atoms with Crippen molar-refractivity contribution < 1.29 is 9.59 Å². The van der Waals surface area contributed by atoms with E-state index in [-0.39, 0.29) is 17.9 Å². The lowest BCUT2D eigenvalue weighted by Crippen LogP contribution is -2.46. The van der Waals surface area contributed by atoms with Crippen LogP contribution in [0.5, 0.6) is 0 Å². The molecule has 1 aliphatic rings. The van der Waals surface area contributed by atoms with Gasteiger partial charge in [0, 0.05) is 18.0 Å². The number of carbonyl (C=O) groups excluding carboxylic acids is 2. The fourth-order valence-electron chi connectivity index (χ4n) is 3.72. The molecule has 1 aromatic carbocycles. The Morgan fingerprint density at radius 1 is 1.21 bits per heavy atom. The summed E-state index contributed by atoms with van der Waals surface area (Å²) in [6.45, 7) is 6.74. The third-order valence-corrected chi connectivity index (χ3v) is 5.95. The first-order chi connectivity index (χ1) is 14.0. The topological polar surface area (TPSA) is 75.2 Å². The van der Waals surface area contributed by atoms with Crippen molar-refractivity contribution in [1.29, 1.82) is 0 Å². The van der Waals surface area contributed by atoms with Crippen molar-refractivity contribution in [3.05, 3.63) is 46.5 Å². The highest BCUT2D eigenvalue weighted by Gasteiger charge is 2.34. The van der Waals surface area contributed by atoms with E-state index in [0.717, 1.165) is 54.8 Å². The van der Waals surface area contributed by atoms with E-state index in [1.54, 1.807) is 10.3 Å². The summed E-state index contributed by atoms with van der Waals surface area (Å²) >= 11 is 1.14. The lowest BCUT2D eigenvalue weighted by atomic mass is 10.0. The van der Waals surface area contributed by atoms with Crippen molar-refractivity contribution >= 4 is 23.3 Å². The van der Waals surface area contributed by atoms with E-state index in [4.69, 9.17) is 0 Å². The van der Waals surface area contributed by atoms with E-state index in [1.807, 2.05) is 31.2 Å². The third-order valence-electron chi connectivity index (χ3n) is 5.44. The molecule has 6 nitrogen and oxygen atoms in total. The van der Waals surface area contributed by atoms with Crippen LogP contribution in [0.3, 0.4) is 0 Å². The minimum Gasteiger partial charge on any atom is -0.351 e. The van der Waals surface area contributed by atoms with Crippen LogP contribution in [-0.2, 0) is 4.79 Å². The minimum absolute atomic E-state index is 0.110. The van der Waals surface area contributed by atoms with Gasteiger partial charge in [-0.3, -0.25) is 9.59 Å². The molecule has 1 fully saturated rings. The maximum Gasteiger partial charge on any atom is 0.276 e. The molecule has 1 aliphatic carbocycles. The van der Waals surface area contributed by atoms with Gasteiger partial charge in [-0.25, -0.2) is 0 Å². The Labute approximate surface area is 176 Å². The van der Waals surface area contributed by atoms with Crippen LogP contribution in [0.4, 0.5) is 0 Å². The molecule has 0 unspecified atom stereocenters. The van der Waals surface area contributed by atoms with Gasteiger partial charge in [-0.1, -0.05) is 61.0 Å². The van der Waals surface area contributed by atoms with Gasteiger partial charge >= 0.3 is 0 Å². The minimum atomic E-state index is -0.677. The van der Waals surface area contributed by atoms with Crippen molar-refractivity contribution in [1.82, 2.24) is 19.8 Å². The van der Waals surface area contributed by atoms with Crippen LogP contribution in [0.2, 0.25) is 0 Å². The fourth-order valence-corrected chi connectivity index (χ4v) is 4.15. The van der Waals surface area contributed by atoms with Crippen molar-refractivity contribution in [2.75, 3.05) is 6.54 Å². The monoisotopic (exact) mass is 414 g/mol. The average Bonchev–Trinajstić information content (AvgIpc) is 3.39. The van der Waals surface area contributed by atoms with E-state index in [2.05, 4.69) is 28.8 Å². The molecule has 2 aromatic rings. The Morgan fingerprint density at radius 2 is 1.90 bits per heavy atom. The highest BCUT2D eigenvalue weighted by molar-refractivity contribution is 7.03. The Bertz CT molecular complexity index is 799. The van der Waals surface area contributed by atoms with Crippen LogP contribution >= 0.6 is 11.5 Å². The van der Waals surface area contributed by atoms with Crippen molar-refractivity contribution in [3.63, 3.8) is 0 Å². The molecular weight excluding hydrogens is 384 g/mol. The zero-order chi connectivity index (χ0) is 20.8. The van der Waals surface area contributed by atoms with Gasteiger partial charge in [-0.2, -0.15) is 0 Å². The molecule has 156 valence electrons. The molecule has 0 spiro atoms. The maximum atomic E-state index is 13.4. The highest BCUT2D eigenvalue weighted by atomic mass is 32.1. The second-order valence-electron chi connectivity index (χ2n) is 8.27. The summed E-state index contributed by atoms with van der Waals surface area (Å²) in [4.78, 5) is 28.4. The molecule has 0 bridgehead atoms. The van der Waals surface area contributed by atoms with Crippen molar-refractivity contribution in [2.24, 2.45) is 5.92 Å². The summed E-state index contributed by atoms with van der Waals surface area (Å²) in [5.41, 5.74) is 2.24. The van der Waals surface area contributed by atoms with Gasteiger partial charge < -0.3 is 10.2 Å². The summed E-state index contributed by atoms with van der Waals surface area (Å²) in [5.74, 6) is 0.0583. The lowest BCUT2D eigenvalue weighted by molar-refractivity contribution is -0.126. The van der Waals surface area contributed by atoms with Gasteiger partial charge in [-0.05, 0) is 49.2 Å². The second-order valence-corrected chi connectivity index (χ2v) is 8.88. The molecule has 1 aromatic heterocycles. The first-order valence-corrected chi connectivity index (χ1v) is 11.2. The number of aryl methyl sites for hydroxylation is 1. The molecule has 1 saturated carbocycles. The summed E-state index contributed by atoms with van der Waals surface area (Å²) < 4.78 is 3.84. The van der Waals surface area contributed by atoms with Gasteiger partial charge in [0.25, 0.3) is 5.91 Å². The Balaban J connectivity index is 1.94. The smallest absolute Gasteiger partial charge is 0.276 e. The summed E-state index contributed by atoms with van der Waals surface area (Å²) in [6.07, 6.45) is 5.09. The van der Waals surface area contributed by atoms with Crippen LogP contribution in [0.1, 0.15) is 73.6 Å². The van der Waals surface area contributed by atoms with Crippen molar-refractivity contribution in [3.8, 4) is 0 Å². The van der Waals surface area contributed by atoms with Crippen LogP contribution in [0, 0.1) is 12.8 Å². The van der Waals surface area contributed by atoms with Gasteiger partial charge in [0.1, 0.15) is 6.04 Å². The number of rotatable bonds is 8. The second kappa shape index (κ2) is 9.96. The molecule has 0 aliphatic heterocycles. The van der Waals surface area contributed by atoms with E-state index in [9.17, 15) is 9.59 Å². The van der Waals surface area contributed by atoms with Gasteiger partial charge in [0.2, 0.25) is 5.91 Å². The Kier molecular flexibility index (Phi) is 7.36. The van der Waals surface area contributed by atoms with Crippen LogP contribution < -0.4 is 5.32 Å². The number of nitrogens with zero attached hydrogens (tertiary/aromatic N) is 3. The van der Waals surface area contributed by atoms with Gasteiger partial charge in [0.05, 0.1) is 0 Å². The fraction of sp³-hybridized carbons (Fsp3) is 0.545. The number of hydrogen-bond donors (Lipinski definition) is 1. The van der Waals surface area contributed by atoms with E-state index >= 15 is 0 Å². The SMILES string of the molecule is Cc1ccc([C@H](C(=O)NC2CCCC2)N(CCC(C)C)C(=O)c2csnn2)cc1. The summed E-state index contributed by atoms with van der Waals surface area (Å²) in [7, 11) is 0. The molecule has 0 saturated heterocycles. The number of aromatic nitrogens is 2. The first-order valence-electron chi connectivity index (χ1n) is 10.4. The van der Waals surface area contributed by atoms with Crippen molar-refractivity contribution in [2.45, 2.75) is 65.0 Å². The van der Waals surface area contributed by atoms with Crippen LogP contribution in [0.25, 0.3) is 0 Å². The quantitative estimate of drug-likeness (QED) is 0.705. The molecule has 2 amide bonds. The van der Waals surface area contributed by atoms with E-state index in [0.29, 0.717) is 18.2 Å². The molecule has 1 atom stereocenters. The Hall–Kier alpha value is -2.28. The average molecular weight is 415 g/mol. The summed E-state index contributed by atoms with van der Waals surface area (Å²) in [6, 6.07) is 7.39. The normalized spacial score (nSPS) is 15.4. The number of benzene rings is 1. The molecule has 29 heavy (non-hydrogen) atoms. The largest absolute Gasteiger partial charge is 0.351 e. The predicted octanol–water partition coefficient (Wildman–Crippen LogP) is 4.13. The number of hydrogen-bond acceptors (Lipinski definition) is 5. The lowest BCUT2D eigenvalue weighted by Gasteiger charge is -2.32. The predicted molar refractivity (Wildman–Crippen MR) is 115 cm³/mol. The molecule has 3 rings (SSSR count). The van der Waals surface area contributed by atoms with E-state index < -0.39 is 6.04 Å². The molecule has 7 heteroatoms. The molecular formula is C22H30N4O2S. The zero-order valence-corrected chi connectivity index (χ0v) is 18.2. The van der Waals surface area contributed by atoms with Crippen LogP contribution in [-0.4, -0.2) is 38.9 Å². The van der Waals surface area contributed by atoms with Gasteiger partial charge in [-0.15, -0.1) is 5.10 Å². The van der Waals surface area contributed by atoms with Gasteiger partial charge in [0.15, 0.2) is 5.69 Å². The molecule has 1 heterocycles. The Morgan fingerprint density at radius 3 is 2.48 bits per heavy atom. The number of amides is 2.